The van der Waals surface area contributed by atoms with Crippen LogP contribution < -0.4 is 5.32 Å². The number of carbonyl (C=O) groups excluding carboxylic acids is 2. The van der Waals surface area contributed by atoms with Gasteiger partial charge in [-0.1, -0.05) is 30.3 Å². The van der Waals surface area contributed by atoms with Crippen LogP contribution in [0.4, 0.5) is 0 Å². The maximum absolute atomic E-state index is 12.6. The number of benzene rings is 1. The highest BCUT2D eigenvalue weighted by atomic mass is 32.2. The van der Waals surface area contributed by atoms with Crippen molar-refractivity contribution in [1.82, 2.24) is 10.2 Å². The Labute approximate surface area is 130 Å². The lowest BCUT2D eigenvalue weighted by Crippen LogP contribution is -2.68. The van der Waals surface area contributed by atoms with Crippen LogP contribution in [0.25, 0.3) is 0 Å². The van der Waals surface area contributed by atoms with Crippen molar-refractivity contribution in [3.63, 3.8) is 0 Å². The van der Waals surface area contributed by atoms with Crippen molar-refractivity contribution in [3.8, 4) is 0 Å². The lowest BCUT2D eigenvalue weighted by molar-refractivity contribution is -0.153. The maximum Gasteiger partial charge on any atom is 0.248 e. The normalized spacial score (nSPS) is 21.3. The molecular weight excluding hydrogens is 284 g/mol. The van der Waals surface area contributed by atoms with Crippen molar-refractivity contribution in [2.24, 2.45) is 0 Å². The first-order valence-electron chi connectivity index (χ1n) is 7.11. The molecule has 4 nitrogen and oxygen atoms in total. The van der Waals surface area contributed by atoms with Gasteiger partial charge >= 0.3 is 0 Å². The van der Waals surface area contributed by atoms with E-state index in [1.54, 1.807) is 30.5 Å². The van der Waals surface area contributed by atoms with Crippen LogP contribution in [0.15, 0.2) is 30.3 Å². The zero-order valence-electron chi connectivity index (χ0n) is 12.8. The molecule has 1 unspecified atom stereocenters. The van der Waals surface area contributed by atoms with Crippen LogP contribution in [-0.4, -0.2) is 46.8 Å². The Kier molecular flexibility index (Phi) is 4.93. The number of thioether (sulfide) groups is 1. The molecule has 1 saturated heterocycles. The van der Waals surface area contributed by atoms with Gasteiger partial charge in [-0.25, -0.2) is 0 Å². The SMILES string of the molecule is CSCCN1C(=O)C(C)(C)NC(=O)C1Cc1ccccc1. The Morgan fingerprint density at radius 2 is 1.90 bits per heavy atom. The van der Waals surface area contributed by atoms with Crippen LogP contribution in [-0.2, 0) is 16.0 Å². The van der Waals surface area contributed by atoms with Gasteiger partial charge in [-0.15, -0.1) is 0 Å². The predicted octanol–water partition coefficient (Wildman–Crippen LogP) is 1.70. The second kappa shape index (κ2) is 6.52. The van der Waals surface area contributed by atoms with Crippen LogP contribution >= 0.6 is 11.8 Å². The number of carbonyl (C=O) groups is 2. The molecule has 2 rings (SSSR count). The fraction of sp³-hybridized carbons (Fsp3) is 0.500. The minimum atomic E-state index is -0.817. The Balaban J connectivity index is 2.22. The molecule has 2 amide bonds. The minimum Gasteiger partial charge on any atom is -0.340 e. The van der Waals surface area contributed by atoms with E-state index >= 15 is 0 Å². The quantitative estimate of drug-likeness (QED) is 0.901. The molecule has 114 valence electrons. The summed E-state index contributed by atoms with van der Waals surface area (Å²) >= 11 is 1.68. The Bertz CT molecular complexity index is 516. The number of amides is 2. The molecule has 0 saturated carbocycles. The molecule has 1 aliphatic heterocycles. The van der Waals surface area contributed by atoms with Crippen LogP contribution in [0.5, 0.6) is 0 Å². The molecule has 1 aromatic carbocycles. The molecule has 0 spiro atoms. The fourth-order valence-corrected chi connectivity index (χ4v) is 2.95. The lowest BCUT2D eigenvalue weighted by atomic mass is 9.93. The molecule has 1 heterocycles. The van der Waals surface area contributed by atoms with E-state index in [4.69, 9.17) is 0 Å². The average Bonchev–Trinajstić information content (AvgIpc) is 2.45. The third kappa shape index (κ3) is 3.59. The molecule has 21 heavy (non-hydrogen) atoms. The molecular formula is C16H22N2O2S. The van der Waals surface area contributed by atoms with Gasteiger partial charge in [-0.3, -0.25) is 9.59 Å². The highest BCUT2D eigenvalue weighted by Gasteiger charge is 2.44. The molecule has 1 aromatic rings. The first-order chi connectivity index (χ1) is 9.95. The van der Waals surface area contributed by atoms with E-state index in [9.17, 15) is 9.59 Å². The van der Waals surface area contributed by atoms with E-state index < -0.39 is 11.6 Å². The van der Waals surface area contributed by atoms with Gasteiger partial charge in [-0.2, -0.15) is 11.8 Å². The summed E-state index contributed by atoms with van der Waals surface area (Å²) in [6.45, 7) is 4.13. The summed E-state index contributed by atoms with van der Waals surface area (Å²) in [6, 6.07) is 9.42. The summed E-state index contributed by atoms with van der Waals surface area (Å²) in [6.07, 6.45) is 2.56. The summed E-state index contributed by atoms with van der Waals surface area (Å²) in [5.41, 5.74) is 0.252. The standard InChI is InChI=1S/C16H22N2O2S/c1-16(2)15(20)18(9-10-21-3)13(14(19)17-16)11-12-7-5-4-6-8-12/h4-8,13H,9-11H2,1-3H3,(H,17,19). The topological polar surface area (TPSA) is 49.4 Å². The van der Waals surface area contributed by atoms with E-state index in [2.05, 4.69) is 5.32 Å². The van der Waals surface area contributed by atoms with Crippen molar-refractivity contribution in [2.45, 2.75) is 31.8 Å². The van der Waals surface area contributed by atoms with Crippen molar-refractivity contribution < 1.29 is 9.59 Å². The molecule has 0 bridgehead atoms. The number of hydrogen-bond acceptors (Lipinski definition) is 3. The maximum atomic E-state index is 12.6. The molecule has 1 aliphatic rings. The molecule has 1 N–H and O–H groups in total. The third-order valence-electron chi connectivity index (χ3n) is 3.72. The van der Waals surface area contributed by atoms with Crippen LogP contribution in [0.3, 0.4) is 0 Å². The van der Waals surface area contributed by atoms with E-state index in [1.165, 1.54) is 0 Å². The highest BCUT2D eigenvalue weighted by Crippen LogP contribution is 2.21. The van der Waals surface area contributed by atoms with Gasteiger partial charge in [0.25, 0.3) is 0 Å². The molecule has 1 atom stereocenters. The van der Waals surface area contributed by atoms with Gasteiger partial charge in [0.15, 0.2) is 0 Å². The summed E-state index contributed by atoms with van der Waals surface area (Å²) in [5.74, 6) is 0.766. The first kappa shape index (κ1) is 15.9. The van der Waals surface area contributed by atoms with Gasteiger partial charge in [0.05, 0.1) is 0 Å². The second-order valence-electron chi connectivity index (χ2n) is 5.81. The summed E-state index contributed by atoms with van der Waals surface area (Å²) in [4.78, 5) is 26.8. The predicted molar refractivity (Wildman–Crippen MR) is 86.3 cm³/mol. The van der Waals surface area contributed by atoms with E-state index in [0.717, 1.165) is 11.3 Å². The highest BCUT2D eigenvalue weighted by molar-refractivity contribution is 7.98. The molecule has 5 heteroatoms. The van der Waals surface area contributed by atoms with Crippen molar-refractivity contribution in [1.29, 1.82) is 0 Å². The van der Waals surface area contributed by atoms with Crippen LogP contribution in [0.2, 0.25) is 0 Å². The van der Waals surface area contributed by atoms with Crippen molar-refractivity contribution in [2.75, 3.05) is 18.6 Å². The molecule has 0 radical (unpaired) electrons. The second-order valence-corrected chi connectivity index (χ2v) is 6.80. The van der Waals surface area contributed by atoms with E-state index in [1.807, 2.05) is 36.6 Å². The van der Waals surface area contributed by atoms with Crippen LogP contribution in [0.1, 0.15) is 19.4 Å². The average molecular weight is 306 g/mol. The monoisotopic (exact) mass is 306 g/mol. The van der Waals surface area contributed by atoms with Crippen LogP contribution in [0, 0.1) is 0 Å². The molecule has 0 aliphatic carbocycles. The first-order valence-corrected chi connectivity index (χ1v) is 8.51. The van der Waals surface area contributed by atoms with Gasteiger partial charge in [0, 0.05) is 18.7 Å². The molecule has 1 fully saturated rings. The summed E-state index contributed by atoms with van der Waals surface area (Å²) in [5, 5.41) is 2.85. The van der Waals surface area contributed by atoms with Gasteiger partial charge in [0.1, 0.15) is 11.6 Å². The lowest BCUT2D eigenvalue weighted by Gasteiger charge is -2.43. The van der Waals surface area contributed by atoms with Gasteiger partial charge in [0.2, 0.25) is 11.8 Å². The van der Waals surface area contributed by atoms with Gasteiger partial charge in [-0.05, 0) is 25.7 Å². The van der Waals surface area contributed by atoms with Crippen molar-refractivity contribution in [3.05, 3.63) is 35.9 Å². The number of nitrogens with one attached hydrogen (secondary N) is 1. The zero-order chi connectivity index (χ0) is 15.5. The Morgan fingerprint density at radius 3 is 2.52 bits per heavy atom. The van der Waals surface area contributed by atoms with Crippen molar-refractivity contribution >= 4 is 23.6 Å². The smallest absolute Gasteiger partial charge is 0.248 e. The number of hydrogen-bond donors (Lipinski definition) is 1. The fourth-order valence-electron chi connectivity index (χ4n) is 2.57. The molecule has 0 aromatic heterocycles. The number of nitrogens with zero attached hydrogens (tertiary/aromatic N) is 1. The summed E-state index contributed by atoms with van der Waals surface area (Å²) < 4.78 is 0. The van der Waals surface area contributed by atoms with E-state index in [0.29, 0.717) is 13.0 Å². The Morgan fingerprint density at radius 1 is 1.24 bits per heavy atom. The summed E-state index contributed by atoms with van der Waals surface area (Å²) in [7, 11) is 0. The third-order valence-corrected chi connectivity index (χ3v) is 4.31. The number of rotatable bonds is 5. The minimum absolute atomic E-state index is 0.00270. The largest absolute Gasteiger partial charge is 0.340 e. The van der Waals surface area contributed by atoms with Gasteiger partial charge < -0.3 is 10.2 Å². The Hall–Kier alpha value is -1.49. The van der Waals surface area contributed by atoms with E-state index in [-0.39, 0.29) is 11.8 Å². The number of piperazine rings is 1. The zero-order valence-corrected chi connectivity index (χ0v) is 13.6.